The second-order valence-corrected chi connectivity index (χ2v) is 13.3. The van der Waals surface area contributed by atoms with E-state index in [2.05, 4.69) is 0 Å². The molecule has 306 valence electrons. The molecule has 3 saturated heterocycles. The number of aromatic hydroxyl groups is 4. The first-order valence-corrected chi connectivity index (χ1v) is 17.2. The minimum atomic E-state index is -1.88. The lowest BCUT2D eigenvalue weighted by Gasteiger charge is -2.47. The van der Waals surface area contributed by atoms with Crippen LogP contribution >= 0.6 is 0 Å². The lowest BCUT2D eigenvalue weighted by molar-refractivity contribution is -0.364. The van der Waals surface area contributed by atoms with Crippen LogP contribution < -0.4 is 0 Å². The number of ether oxygens (including phenoxy) is 7. The van der Waals surface area contributed by atoms with Gasteiger partial charge in [0.05, 0.1) is 25.9 Å². The first-order valence-electron chi connectivity index (χ1n) is 17.2. The van der Waals surface area contributed by atoms with Gasteiger partial charge in [0.25, 0.3) is 0 Å². The summed E-state index contributed by atoms with van der Waals surface area (Å²) in [6.07, 6.45) is -22.6. The number of hydrogen-bond acceptors (Lipinski definition) is 20. The Hall–Kier alpha value is -3.71. The molecule has 12 N–H and O–H groups in total. The first-order chi connectivity index (χ1) is 26.1. The van der Waals surface area contributed by atoms with Crippen LogP contribution in [0.25, 0.3) is 6.08 Å². The van der Waals surface area contributed by atoms with E-state index in [4.69, 9.17) is 33.2 Å². The molecule has 0 aromatic heterocycles. The van der Waals surface area contributed by atoms with E-state index in [1.807, 2.05) is 0 Å². The fourth-order valence-corrected chi connectivity index (χ4v) is 6.14. The van der Waals surface area contributed by atoms with Crippen molar-refractivity contribution in [2.24, 2.45) is 0 Å². The van der Waals surface area contributed by atoms with Gasteiger partial charge in [0.1, 0.15) is 61.0 Å². The third kappa shape index (κ3) is 10.0. The quantitative estimate of drug-likeness (QED) is 0.0541. The number of rotatable bonds is 13. The molecule has 0 aliphatic carbocycles. The number of esters is 1. The number of hydrogen-bond donors (Lipinski definition) is 12. The Labute approximate surface area is 313 Å². The van der Waals surface area contributed by atoms with Crippen molar-refractivity contribution in [1.82, 2.24) is 0 Å². The van der Waals surface area contributed by atoms with E-state index in [1.54, 1.807) is 0 Å². The highest BCUT2D eigenvalue weighted by Crippen LogP contribution is 2.33. The van der Waals surface area contributed by atoms with Crippen molar-refractivity contribution in [3.63, 3.8) is 0 Å². The fraction of sp³-hybridized carbons (Fsp3) is 0.571. The van der Waals surface area contributed by atoms with E-state index < -0.39 is 123 Å². The van der Waals surface area contributed by atoms with Gasteiger partial charge < -0.3 is 94.4 Å². The van der Waals surface area contributed by atoms with E-state index in [9.17, 15) is 66.1 Å². The molecule has 15 atom stereocenters. The molecule has 3 fully saturated rings. The summed E-state index contributed by atoms with van der Waals surface area (Å²) >= 11 is 0. The zero-order valence-electron chi connectivity index (χ0n) is 29.2. The maximum absolute atomic E-state index is 13.3. The maximum atomic E-state index is 13.3. The van der Waals surface area contributed by atoms with Crippen molar-refractivity contribution in [2.75, 3.05) is 19.8 Å². The smallest absolute Gasteiger partial charge is 0.331 e. The highest BCUT2D eigenvalue weighted by atomic mass is 16.8. The molecule has 20 heteroatoms. The Morgan fingerprint density at radius 2 is 1.29 bits per heavy atom. The molecule has 2 aromatic carbocycles. The summed E-state index contributed by atoms with van der Waals surface area (Å²) in [5.41, 5.74) is 0.773. The van der Waals surface area contributed by atoms with Crippen LogP contribution in [0.2, 0.25) is 0 Å². The normalized spacial score (nSPS) is 36.9. The number of aliphatic hydroxyl groups is 8. The van der Waals surface area contributed by atoms with Crippen molar-refractivity contribution < 1.29 is 99.2 Å². The molecule has 0 bridgehead atoms. The Morgan fingerprint density at radius 3 is 1.96 bits per heavy atom. The van der Waals surface area contributed by atoms with Gasteiger partial charge in [0.15, 0.2) is 48.0 Å². The second kappa shape index (κ2) is 18.5. The summed E-state index contributed by atoms with van der Waals surface area (Å²) in [6, 6.07) is 7.75. The molecule has 55 heavy (non-hydrogen) atoms. The minimum absolute atomic E-state index is 0.111. The SMILES string of the molecule is C[C@H]1O[C@H](O[C@H]2[C@H](O)[C@@H](OCCc3ccc(O)c(O)c3)O[C@@H](CO[C@H]3O[C@@H](CO)[C@H](O)[C@@H](O)[C@@H]3O)[C@@H]2OC(=O)/C=C/c2ccc(O)c(O)c2)[C@@H](O)[C@@H](O)[C@@H]1O. The summed E-state index contributed by atoms with van der Waals surface area (Å²) in [6.45, 7) is -0.254. The molecular formula is C35H46O20. The molecule has 3 aliphatic rings. The van der Waals surface area contributed by atoms with E-state index in [0.717, 1.165) is 12.1 Å². The molecule has 20 nitrogen and oxygen atoms in total. The van der Waals surface area contributed by atoms with Crippen LogP contribution in [0.3, 0.4) is 0 Å². The predicted molar refractivity (Wildman–Crippen MR) is 180 cm³/mol. The van der Waals surface area contributed by atoms with Gasteiger partial charge in [-0.2, -0.15) is 0 Å². The van der Waals surface area contributed by atoms with Crippen LogP contribution in [-0.2, 0) is 44.4 Å². The molecule has 5 rings (SSSR count). The van der Waals surface area contributed by atoms with E-state index in [0.29, 0.717) is 5.56 Å². The van der Waals surface area contributed by atoms with Crippen molar-refractivity contribution in [3.8, 4) is 23.0 Å². The number of phenolic OH excluding ortho intramolecular Hbond substituents is 4. The molecule has 0 amide bonds. The summed E-state index contributed by atoms with van der Waals surface area (Å²) in [7, 11) is 0. The molecule has 2 aromatic rings. The zero-order chi connectivity index (χ0) is 40.1. The van der Waals surface area contributed by atoms with Crippen LogP contribution in [0.15, 0.2) is 42.5 Å². The maximum Gasteiger partial charge on any atom is 0.331 e. The van der Waals surface area contributed by atoms with Crippen LogP contribution in [0.4, 0.5) is 0 Å². The van der Waals surface area contributed by atoms with E-state index in [1.165, 1.54) is 43.3 Å². The van der Waals surface area contributed by atoms with Gasteiger partial charge in [0.2, 0.25) is 0 Å². The molecule has 0 saturated carbocycles. The van der Waals surface area contributed by atoms with Crippen molar-refractivity contribution in [2.45, 2.75) is 105 Å². The number of phenols is 4. The fourth-order valence-electron chi connectivity index (χ4n) is 6.14. The van der Waals surface area contributed by atoms with Gasteiger partial charge in [-0.25, -0.2) is 4.79 Å². The van der Waals surface area contributed by atoms with Gasteiger partial charge in [-0.05, 0) is 54.8 Å². The van der Waals surface area contributed by atoms with Crippen molar-refractivity contribution >= 4 is 12.0 Å². The highest BCUT2D eigenvalue weighted by Gasteiger charge is 2.53. The lowest BCUT2D eigenvalue weighted by atomic mass is 9.96. The highest BCUT2D eigenvalue weighted by molar-refractivity contribution is 5.87. The standard InChI is InChI=1S/C35H46O20/c1-14-24(42)26(44)29(47)35(51-14)55-32-30(48)34(49-9-8-16-3-6-18(38)20(40)11-16)53-22(13-50-33-28(46)27(45)25(43)21(12-36)52-33)31(32)54-23(41)7-4-15-2-5-17(37)19(39)10-15/h2-7,10-11,14,21-22,24-40,42-48H,8-9,12-13H2,1H3/b7-4+/t14-,21+,22+,24-,25+,26+,27-,28+,29+,30+,31+,32+,33+,34+,35-/m1/s1. The Balaban J connectivity index is 1.43. The average molecular weight is 787 g/mol. The summed E-state index contributed by atoms with van der Waals surface area (Å²) < 4.78 is 40.2. The van der Waals surface area contributed by atoms with Crippen molar-refractivity contribution in [3.05, 3.63) is 53.6 Å². The van der Waals surface area contributed by atoms with Gasteiger partial charge in [-0.3, -0.25) is 0 Å². The number of benzene rings is 2. The third-order valence-electron chi connectivity index (χ3n) is 9.36. The van der Waals surface area contributed by atoms with Crippen molar-refractivity contribution in [1.29, 1.82) is 0 Å². The molecule has 0 spiro atoms. The summed E-state index contributed by atoms with van der Waals surface area (Å²) in [4.78, 5) is 13.3. The molecule has 3 aliphatic heterocycles. The first kappa shape index (κ1) is 42.4. The molecule has 3 heterocycles. The van der Waals surface area contributed by atoms with Crippen LogP contribution in [0.5, 0.6) is 23.0 Å². The Kier molecular flexibility index (Phi) is 14.3. The topological polar surface area (TPSA) is 324 Å². The van der Waals surface area contributed by atoms with Gasteiger partial charge in [-0.15, -0.1) is 0 Å². The van der Waals surface area contributed by atoms with Gasteiger partial charge in [0, 0.05) is 6.08 Å². The van der Waals surface area contributed by atoms with Crippen LogP contribution in [-0.4, -0.2) is 179 Å². The van der Waals surface area contributed by atoms with Gasteiger partial charge in [-0.1, -0.05) is 12.1 Å². The van der Waals surface area contributed by atoms with E-state index in [-0.39, 0.29) is 30.1 Å². The summed E-state index contributed by atoms with van der Waals surface area (Å²) in [5.74, 6) is -2.71. The Bertz CT molecular complexity index is 1610. The lowest BCUT2D eigenvalue weighted by Crippen LogP contribution is -2.65. The van der Waals surface area contributed by atoms with Crippen LogP contribution in [0.1, 0.15) is 18.1 Å². The predicted octanol–water partition coefficient (Wildman–Crippen LogP) is -3.19. The molecular weight excluding hydrogens is 740 g/mol. The number of aliphatic hydroxyl groups excluding tert-OH is 8. The summed E-state index contributed by atoms with van der Waals surface area (Å²) in [5, 5.41) is 123. The van der Waals surface area contributed by atoms with Gasteiger partial charge >= 0.3 is 5.97 Å². The average Bonchev–Trinajstić information content (AvgIpc) is 3.16. The zero-order valence-corrected chi connectivity index (χ0v) is 29.2. The Morgan fingerprint density at radius 1 is 0.673 bits per heavy atom. The second-order valence-electron chi connectivity index (χ2n) is 13.3. The largest absolute Gasteiger partial charge is 0.504 e. The monoisotopic (exact) mass is 786 g/mol. The third-order valence-corrected chi connectivity index (χ3v) is 9.36. The van der Waals surface area contributed by atoms with E-state index >= 15 is 0 Å². The molecule has 0 unspecified atom stereocenters. The molecule has 0 radical (unpaired) electrons. The van der Waals surface area contributed by atoms with Crippen LogP contribution in [0, 0.1) is 0 Å². The number of carbonyl (C=O) groups is 1. The minimum Gasteiger partial charge on any atom is -0.504 e. The number of carbonyl (C=O) groups excluding carboxylic acids is 1.